The number of nitrogens with one attached hydrogen (secondary N) is 1. The Kier molecular flexibility index (Phi) is 9.26. The van der Waals surface area contributed by atoms with Crippen LogP contribution in [0.5, 0.6) is 0 Å². The molecule has 44 heavy (non-hydrogen) atoms. The van der Waals surface area contributed by atoms with Crippen LogP contribution < -0.4 is 5.32 Å². The minimum Gasteiger partial charge on any atom is -0.450 e. The highest BCUT2D eigenvalue weighted by molar-refractivity contribution is 7.69. The Morgan fingerprint density at radius 1 is 1.18 bits per heavy atom. The van der Waals surface area contributed by atoms with Gasteiger partial charge < -0.3 is 24.5 Å². The highest BCUT2D eigenvalue weighted by Gasteiger charge is 2.39. The molecule has 0 radical (unpaired) electrons. The van der Waals surface area contributed by atoms with E-state index in [0.29, 0.717) is 61.2 Å². The second kappa shape index (κ2) is 12.9. The van der Waals surface area contributed by atoms with Gasteiger partial charge in [0.2, 0.25) is 22.5 Å². The molecule has 0 bridgehead atoms. The van der Waals surface area contributed by atoms with E-state index in [1.54, 1.807) is 11.9 Å². The largest absolute Gasteiger partial charge is 0.506 e. The maximum absolute atomic E-state index is 13.0. The van der Waals surface area contributed by atoms with Gasteiger partial charge >= 0.3 is 6.16 Å². The van der Waals surface area contributed by atoms with Crippen molar-refractivity contribution in [2.45, 2.75) is 70.4 Å². The van der Waals surface area contributed by atoms with Crippen molar-refractivity contribution in [2.24, 2.45) is 0 Å². The molecule has 2 fully saturated rings. The number of benzene rings is 1. The van der Waals surface area contributed by atoms with Gasteiger partial charge in [-0.05, 0) is 50.2 Å². The van der Waals surface area contributed by atoms with Gasteiger partial charge in [0, 0.05) is 52.0 Å². The summed E-state index contributed by atoms with van der Waals surface area (Å²) in [5, 5.41) is 12.7. The van der Waals surface area contributed by atoms with E-state index < -0.39 is 22.6 Å². The van der Waals surface area contributed by atoms with Gasteiger partial charge in [0.05, 0.1) is 23.2 Å². The third-order valence-electron chi connectivity index (χ3n) is 8.62. The Morgan fingerprint density at radius 3 is 2.43 bits per heavy atom. The number of likely N-dealkylation sites (tertiary alicyclic amines) is 1. The number of rotatable bonds is 11. The molecule has 0 unspecified atom stereocenters. The number of fused-ring (bicyclic) bond motifs is 1. The molecule has 5 rings (SSSR count). The first kappa shape index (κ1) is 31.5. The van der Waals surface area contributed by atoms with E-state index in [1.807, 2.05) is 37.3 Å². The normalized spacial score (nSPS) is 16.4. The van der Waals surface area contributed by atoms with E-state index in [1.165, 1.54) is 11.2 Å². The molecule has 13 heteroatoms. The summed E-state index contributed by atoms with van der Waals surface area (Å²) in [7, 11) is -1.42. The lowest BCUT2D eigenvalue weighted by Crippen LogP contribution is -2.48. The maximum Gasteiger partial charge on any atom is 0.506 e. The Bertz CT molecular complexity index is 1630. The molecule has 1 saturated heterocycles. The van der Waals surface area contributed by atoms with E-state index in [4.69, 9.17) is 14.1 Å². The summed E-state index contributed by atoms with van der Waals surface area (Å²) >= 11 is 0. The van der Waals surface area contributed by atoms with E-state index >= 15 is 0 Å². The second-order valence-corrected chi connectivity index (χ2v) is 12.7. The van der Waals surface area contributed by atoms with Gasteiger partial charge in [-0.2, -0.15) is 4.31 Å². The molecule has 2 amide bonds. The third-order valence-corrected chi connectivity index (χ3v) is 9.42. The molecular formula is C31H38N4O8S. The second-order valence-electron chi connectivity index (χ2n) is 11.7. The molecule has 0 atom stereocenters. The van der Waals surface area contributed by atoms with Gasteiger partial charge in [0.25, 0.3) is 5.91 Å². The first-order valence-corrected chi connectivity index (χ1v) is 16.0. The molecule has 12 nitrogen and oxygen atoms in total. The fraction of sp³-hybridized carbons (Fsp3) is 0.484. The lowest BCUT2D eigenvalue weighted by atomic mass is 9.86. The smallest absolute Gasteiger partial charge is 0.450 e. The molecule has 2 aromatic heterocycles. The van der Waals surface area contributed by atoms with Gasteiger partial charge in [-0.15, -0.1) is 0 Å². The van der Waals surface area contributed by atoms with Crippen molar-refractivity contribution in [1.82, 2.24) is 19.5 Å². The number of carbonyl (C=O) groups is 3. The molecule has 2 aliphatic rings. The zero-order valence-corrected chi connectivity index (χ0v) is 26.0. The zero-order valence-electron chi connectivity index (χ0n) is 25.1. The van der Waals surface area contributed by atoms with E-state index in [2.05, 4.69) is 5.32 Å². The van der Waals surface area contributed by atoms with Crippen molar-refractivity contribution >= 4 is 40.0 Å². The van der Waals surface area contributed by atoms with Crippen LogP contribution in [0, 0.1) is 6.92 Å². The molecule has 236 valence electrons. The number of carbonyl (C=O) groups excluding carboxylic acids is 2. The Labute approximate surface area is 257 Å². The number of amides is 2. The predicted octanol–water partition coefficient (Wildman–Crippen LogP) is 4.22. The Balaban J connectivity index is 1.41. The summed E-state index contributed by atoms with van der Waals surface area (Å²) in [5.41, 5.74) is 2.92. The minimum atomic E-state index is -2.98. The van der Waals surface area contributed by atoms with E-state index in [-0.39, 0.29) is 36.5 Å². The molecular weight excluding hydrogens is 588 g/mol. The summed E-state index contributed by atoms with van der Waals surface area (Å²) in [4.78, 5) is 42.7. The summed E-state index contributed by atoms with van der Waals surface area (Å²) in [6.07, 6.45) is 1.86. The van der Waals surface area contributed by atoms with Crippen LogP contribution in [-0.2, 0) is 27.0 Å². The number of piperidine rings is 1. The predicted molar refractivity (Wildman–Crippen MR) is 163 cm³/mol. The van der Waals surface area contributed by atoms with Crippen molar-refractivity contribution in [2.75, 3.05) is 26.7 Å². The van der Waals surface area contributed by atoms with Crippen LogP contribution in [0.25, 0.3) is 22.4 Å². The number of pyridine rings is 1. The van der Waals surface area contributed by atoms with E-state index in [9.17, 15) is 27.9 Å². The number of carboxylic acid groups (broad SMARTS) is 1. The monoisotopic (exact) mass is 626 g/mol. The quantitative estimate of drug-likeness (QED) is 0.209. The number of nitrogens with zero attached hydrogens (tertiary/aromatic N) is 3. The first-order chi connectivity index (χ1) is 21.0. The highest BCUT2D eigenvalue weighted by atomic mass is 32.2. The maximum atomic E-state index is 13.0. The fourth-order valence-electron chi connectivity index (χ4n) is 6.00. The van der Waals surface area contributed by atoms with Crippen molar-refractivity contribution in [3.63, 3.8) is 0 Å². The fourth-order valence-corrected chi connectivity index (χ4v) is 6.55. The summed E-state index contributed by atoms with van der Waals surface area (Å²) in [6.45, 7) is 4.35. The number of furan rings is 1. The topological polar surface area (TPSA) is 159 Å². The van der Waals surface area contributed by atoms with Crippen LogP contribution in [-0.4, -0.2) is 78.0 Å². The number of aryl methyl sites for hydroxylation is 1. The Morgan fingerprint density at radius 2 is 1.86 bits per heavy atom. The SMILES string of the molecule is CNC(=O)c1c(-c2ccc(C)cc2)oc2nc(CN(CCCC3(OC(=O)O)CCN(C(C)=O)CC3)[SH](=O)=O)c(C3CC3)cc12. The molecule has 1 aliphatic carbocycles. The van der Waals surface area contributed by atoms with Gasteiger partial charge in [-0.3, -0.25) is 9.59 Å². The zero-order chi connectivity index (χ0) is 31.6. The number of thiol groups is 1. The van der Waals surface area contributed by atoms with Gasteiger partial charge in [-0.1, -0.05) is 29.8 Å². The first-order valence-electron chi connectivity index (χ1n) is 14.8. The van der Waals surface area contributed by atoms with Crippen LogP contribution in [0.3, 0.4) is 0 Å². The van der Waals surface area contributed by atoms with Crippen molar-refractivity contribution in [1.29, 1.82) is 0 Å². The molecule has 0 spiro atoms. The molecule has 3 heterocycles. The number of hydrogen-bond acceptors (Lipinski definition) is 8. The average molecular weight is 627 g/mol. The number of aromatic nitrogens is 1. The van der Waals surface area contributed by atoms with Crippen LogP contribution in [0.4, 0.5) is 4.79 Å². The highest BCUT2D eigenvalue weighted by Crippen LogP contribution is 2.44. The summed E-state index contributed by atoms with van der Waals surface area (Å²) < 4.78 is 37.6. The number of hydrogen-bond donors (Lipinski definition) is 3. The van der Waals surface area contributed by atoms with Crippen LogP contribution in [0.15, 0.2) is 34.7 Å². The van der Waals surface area contributed by atoms with Crippen molar-refractivity contribution in [3.05, 3.63) is 52.7 Å². The molecule has 3 aromatic rings. The van der Waals surface area contributed by atoms with Crippen LogP contribution in [0.1, 0.15) is 78.5 Å². The Hall–Kier alpha value is -3.97. The van der Waals surface area contributed by atoms with Crippen molar-refractivity contribution < 1.29 is 37.1 Å². The number of ether oxygens (including phenoxy) is 1. The lowest BCUT2D eigenvalue weighted by Gasteiger charge is -2.40. The van der Waals surface area contributed by atoms with Gasteiger partial charge in [0.1, 0.15) is 11.4 Å². The lowest BCUT2D eigenvalue weighted by molar-refractivity contribution is -0.134. The third kappa shape index (κ3) is 6.88. The molecule has 1 aromatic carbocycles. The molecule has 1 aliphatic heterocycles. The minimum absolute atomic E-state index is 0.0151. The molecule has 1 saturated carbocycles. The average Bonchev–Trinajstić information content (AvgIpc) is 3.76. The standard InChI is InChI=1S/C31H38N4O8S/c1-19-5-7-22(8-6-19)27-26(28(37)32-3)24-17-23(21-9-10-21)25(33-29(24)42-27)18-35(44(40)41)14-4-11-31(43-30(38)39)12-15-34(16-13-31)20(2)36/h5-8,17,21,44H,4,9-16,18H2,1-3H3,(H,32,37)(H,38,39). The van der Waals surface area contributed by atoms with Crippen LogP contribution in [0.2, 0.25) is 0 Å². The van der Waals surface area contributed by atoms with Crippen molar-refractivity contribution in [3.8, 4) is 11.3 Å². The summed E-state index contributed by atoms with van der Waals surface area (Å²) in [6, 6.07) is 9.56. The van der Waals surface area contributed by atoms with Gasteiger partial charge in [-0.25, -0.2) is 18.2 Å². The van der Waals surface area contributed by atoms with E-state index in [0.717, 1.165) is 29.5 Å². The van der Waals surface area contributed by atoms with Crippen LogP contribution >= 0.6 is 0 Å². The molecule has 2 N–H and O–H groups in total. The summed E-state index contributed by atoms with van der Waals surface area (Å²) in [5.74, 6) is 0.232. The van der Waals surface area contributed by atoms with Gasteiger partial charge in [0.15, 0.2) is 0 Å².